The van der Waals surface area contributed by atoms with Gasteiger partial charge in [0.2, 0.25) is 10.0 Å². The van der Waals surface area contributed by atoms with Crippen molar-refractivity contribution in [2.75, 3.05) is 6.54 Å². The van der Waals surface area contributed by atoms with Crippen LogP contribution in [0.1, 0.15) is 30.4 Å². The first-order chi connectivity index (χ1) is 8.94. The zero-order valence-corrected chi connectivity index (χ0v) is 13.6. The molecule has 1 saturated carbocycles. The van der Waals surface area contributed by atoms with Crippen LogP contribution in [0.3, 0.4) is 0 Å². The molecule has 20 heavy (non-hydrogen) atoms. The van der Waals surface area contributed by atoms with E-state index in [1.165, 1.54) is 0 Å². The van der Waals surface area contributed by atoms with Gasteiger partial charge in [0.25, 0.3) is 0 Å². The molecule has 1 aliphatic rings. The highest BCUT2D eigenvalue weighted by molar-refractivity contribution is 7.89. The Balaban J connectivity index is 0.00000200. The maximum atomic E-state index is 12.5. The Kier molecular flexibility index (Phi) is 6.01. The SMILES string of the molecule is Cc1ccc(C)c(S(=O)(=O)NC2CCCC2CN)c1.Cl. The van der Waals surface area contributed by atoms with E-state index in [0.717, 1.165) is 30.4 Å². The molecule has 6 heteroatoms. The molecule has 3 N–H and O–H groups in total. The molecule has 1 aliphatic carbocycles. The third-order valence-electron chi connectivity index (χ3n) is 3.90. The second-order valence-corrected chi connectivity index (χ2v) is 7.11. The molecule has 4 nitrogen and oxygen atoms in total. The van der Waals surface area contributed by atoms with Crippen molar-refractivity contribution in [2.24, 2.45) is 11.7 Å². The number of hydrogen-bond acceptors (Lipinski definition) is 3. The number of halogens is 1. The van der Waals surface area contributed by atoms with Crippen LogP contribution in [0, 0.1) is 19.8 Å². The Morgan fingerprint density at radius 3 is 2.65 bits per heavy atom. The Morgan fingerprint density at radius 2 is 2.00 bits per heavy atom. The van der Waals surface area contributed by atoms with E-state index in [1.54, 1.807) is 6.07 Å². The van der Waals surface area contributed by atoms with Gasteiger partial charge >= 0.3 is 0 Å². The van der Waals surface area contributed by atoms with Gasteiger partial charge < -0.3 is 5.73 Å². The van der Waals surface area contributed by atoms with Gasteiger partial charge in [-0.3, -0.25) is 0 Å². The van der Waals surface area contributed by atoms with E-state index in [1.807, 2.05) is 26.0 Å². The topological polar surface area (TPSA) is 72.2 Å². The third-order valence-corrected chi connectivity index (χ3v) is 5.53. The monoisotopic (exact) mass is 318 g/mol. The van der Waals surface area contributed by atoms with E-state index < -0.39 is 10.0 Å². The Morgan fingerprint density at radius 1 is 1.30 bits per heavy atom. The van der Waals surface area contributed by atoms with Gasteiger partial charge in [0.05, 0.1) is 4.90 Å². The summed E-state index contributed by atoms with van der Waals surface area (Å²) in [6.45, 7) is 4.26. The Bertz CT molecular complexity index is 560. The maximum Gasteiger partial charge on any atom is 0.241 e. The predicted molar refractivity (Wildman–Crippen MR) is 83.7 cm³/mol. The van der Waals surface area contributed by atoms with Crippen LogP contribution in [0.15, 0.2) is 23.1 Å². The van der Waals surface area contributed by atoms with Gasteiger partial charge in [-0.15, -0.1) is 12.4 Å². The van der Waals surface area contributed by atoms with Gasteiger partial charge in [0.1, 0.15) is 0 Å². The van der Waals surface area contributed by atoms with Crippen molar-refractivity contribution < 1.29 is 8.42 Å². The minimum absolute atomic E-state index is 0. The van der Waals surface area contributed by atoms with Crippen LogP contribution in [-0.2, 0) is 10.0 Å². The largest absolute Gasteiger partial charge is 0.330 e. The minimum atomic E-state index is -3.45. The first-order valence-corrected chi connectivity index (χ1v) is 8.22. The first kappa shape index (κ1) is 17.4. The minimum Gasteiger partial charge on any atom is -0.330 e. The summed E-state index contributed by atoms with van der Waals surface area (Å²) < 4.78 is 27.8. The summed E-state index contributed by atoms with van der Waals surface area (Å²) in [6.07, 6.45) is 2.93. The number of benzene rings is 1. The summed E-state index contributed by atoms with van der Waals surface area (Å²) in [5, 5.41) is 0. The van der Waals surface area contributed by atoms with Crippen LogP contribution >= 0.6 is 12.4 Å². The lowest BCUT2D eigenvalue weighted by molar-refractivity contribution is 0.452. The summed E-state index contributed by atoms with van der Waals surface area (Å²) in [5.41, 5.74) is 7.43. The molecular weight excluding hydrogens is 296 g/mol. The molecule has 1 aromatic rings. The van der Waals surface area contributed by atoms with E-state index >= 15 is 0 Å². The lowest BCUT2D eigenvalue weighted by atomic mass is 10.1. The Hall–Kier alpha value is -0.620. The third kappa shape index (κ3) is 3.73. The van der Waals surface area contributed by atoms with Gasteiger partial charge in [-0.2, -0.15) is 0 Å². The molecular formula is C14H23ClN2O2S. The van der Waals surface area contributed by atoms with Crippen molar-refractivity contribution in [3.05, 3.63) is 29.3 Å². The number of aryl methyl sites for hydroxylation is 2. The smallest absolute Gasteiger partial charge is 0.241 e. The van der Waals surface area contributed by atoms with Crippen LogP contribution in [0.4, 0.5) is 0 Å². The van der Waals surface area contributed by atoms with E-state index in [2.05, 4.69) is 4.72 Å². The number of sulfonamides is 1. The molecule has 2 atom stereocenters. The molecule has 2 rings (SSSR count). The van der Waals surface area contributed by atoms with Gasteiger partial charge in [0, 0.05) is 6.04 Å². The maximum absolute atomic E-state index is 12.5. The van der Waals surface area contributed by atoms with Crippen molar-refractivity contribution in [1.82, 2.24) is 4.72 Å². The second kappa shape index (κ2) is 6.89. The molecule has 0 aromatic heterocycles. The molecule has 0 aliphatic heterocycles. The molecule has 0 bridgehead atoms. The highest BCUT2D eigenvalue weighted by atomic mass is 35.5. The molecule has 114 valence electrons. The van der Waals surface area contributed by atoms with Gasteiger partial charge in [-0.1, -0.05) is 18.6 Å². The molecule has 1 fully saturated rings. The molecule has 0 heterocycles. The molecule has 0 saturated heterocycles. The zero-order chi connectivity index (χ0) is 14.0. The van der Waals surface area contributed by atoms with Crippen molar-refractivity contribution in [3.8, 4) is 0 Å². The van der Waals surface area contributed by atoms with Crippen molar-refractivity contribution in [2.45, 2.75) is 44.0 Å². The highest BCUT2D eigenvalue weighted by Gasteiger charge is 2.30. The van der Waals surface area contributed by atoms with Crippen molar-refractivity contribution in [3.63, 3.8) is 0 Å². The normalized spacial score (nSPS) is 22.6. The van der Waals surface area contributed by atoms with E-state index in [9.17, 15) is 8.42 Å². The first-order valence-electron chi connectivity index (χ1n) is 6.73. The predicted octanol–water partition coefficient (Wildman–Crippen LogP) is 2.13. The number of rotatable bonds is 4. The lowest BCUT2D eigenvalue weighted by Crippen LogP contribution is -2.40. The average Bonchev–Trinajstić information content (AvgIpc) is 2.78. The number of hydrogen-bond donors (Lipinski definition) is 2. The van der Waals surface area contributed by atoms with Crippen molar-refractivity contribution in [1.29, 1.82) is 0 Å². The van der Waals surface area contributed by atoms with E-state index in [4.69, 9.17) is 5.73 Å². The molecule has 1 aromatic carbocycles. The quantitative estimate of drug-likeness (QED) is 0.893. The fourth-order valence-corrected chi connectivity index (χ4v) is 4.40. The van der Waals surface area contributed by atoms with Crippen LogP contribution in [0.5, 0.6) is 0 Å². The fourth-order valence-electron chi connectivity index (χ4n) is 2.73. The lowest BCUT2D eigenvalue weighted by Gasteiger charge is -2.20. The van der Waals surface area contributed by atoms with Gasteiger partial charge in [0.15, 0.2) is 0 Å². The summed E-state index contributed by atoms with van der Waals surface area (Å²) in [4.78, 5) is 0.384. The number of nitrogens with two attached hydrogens (primary N) is 1. The molecule has 0 amide bonds. The van der Waals surface area contributed by atoms with Crippen molar-refractivity contribution >= 4 is 22.4 Å². The van der Waals surface area contributed by atoms with Gasteiger partial charge in [-0.05, 0) is 56.3 Å². The second-order valence-electron chi connectivity index (χ2n) is 5.42. The standard InChI is InChI=1S/C14H22N2O2S.ClH/c1-10-6-7-11(2)14(8-10)19(17,18)16-13-5-3-4-12(13)9-15;/h6-8,12-13,16H,3-5,9,15H2,1-2H3;1H. The molecule has 0 radical (unpaired) electrons. The van der Waals surface area contributed by atoms with E-state index in [0.29, 0.717) is 11.4 Å². The van der Waals surface area contributed by atoms with Crippen LogP contribution in [-0.4, -0.2) is 21.0 Å². The number of nitrogens with one attached hydrogen (secondary N) is 1. The molecule has 2 unspecified atom stereocenters. The van der Waals surface area contributed by atoms with Crippen LogP contribution in [0.2, 0.25) is 0 Å². The highest BCUT2D eigenvalue weighted by Crippen LogP contribution is 2.27. The fraction of sp³-hybridized carbons (Fsp3) is 0.571. The summed E-state index contributed by atoms with van der Waals surface area (Å²) in [5.74, 6) is 0.264. The van der Waals surface area contributed by atoms with E-state index in [-0.39, 0.29) is 24.4 Å². The summed E-state index contributed by atoms with van der Waals surface area (Å²) in [6, 6.07) is 5.48. The summed E-state index contributed by atoms with van der Waals surface area (Å²) in [7, 11) is -3.45. The Labute approximate surface area is 127 Å². The van der Waals surface area contributed by atoms with Gasteiger partial charge in [-0.25, -0.2) is 13.1 Å². The zero-order valence-electron chi connectivity index (χ0n) is 11.9. The average molecular weight is 319 g/mol. The summed E-state index contributed by atoms with van der Waals surface area (Å²) >= 11 is 0. The van der Waals surface area contributed by atoms with Crippen LogP contribution in [0.25, 0.3) is 0 Å². The van der Waals surface area contributed by atoms with Crippen LogP contribution < -0.4 is 10.5 Å². The molecule has 0 spiro atoms.